The predicted molar refractivity (Wildman–Crippen MR) is 73.8 cm³/mol. The Balaban J connectivity index is 1.91. The quantitative estimate of drug-likeness (QED) is 0.761. The summed E-state index contributed by atoms with van der Waals surface area (Å²) in [5, 5.41) is 0. The number of anilines is 1. The lowest BCUT2D eigenvalue weighted by atomic mass is 10.0. The van der Waals surface area contributed by atoms with Crippen molar-refractivity contribution in [3.05, 3.63) is 66.2 Å². The van der Waals surface area contributed by atoms with Crippen LogP contribution in [0.25, 0.3) is 0 Å². The molecule has 1 aliphatic heterocycles. The fourth-order valence-corrected chi connectivity index (χ4v) is 2.40. The molecule has 0 N–H and O–H groups in total. The van der Waals surface area contributed by atoms with E-state index < -0.39 is 0 Å². The highest BCUT2D eigenvalue weighted by atomic mass is 16.6. The highest BCUT2D eigenvalue weighted by molar-refractivity contribution is 5.48. The molecule has 2 nitrogen and oxygen atoms in total. The van der Waals surface area contributed by atoms with Gasteiger partial charge in [0.2, 0.25) is 0 Å². The van der Waals surface area contributed by atoms with E-state index in [1.807, 2.05) is 6.07 Å². The maximum atomic E-state index is 5.53. The van der Waals surface area contributed by atoms with E-state index in [2.05, 4.69) is 66.5 Å². The van der Waals surface area contributed by atoms with Crippen LogP contribution in [0.3, 0.4) is 0 Å². The molecule has 3 rings (SSSR count). The maximum absolute atomic E-state index is 5.53. The van der Waals surface area contributed by atoms with Gasteiger partial charge in [-0.2, -0.15) is 0 Å². The average Bonchev–Trinajstić information content (AvgIpc) is 3.26. The molecule has 0 amide bonds. The summed E-state index contributed by atoms with van der Waals surface area (Å²) in [6.45, 7) is 0.858. The van der Waals surface area contributed by atoms with Gasteiger partial charge >= 0.3 is 0 Å². The number of likely N-dealkylation sites (N-methyl/N-ethyl adjacent to an activating group) is 1. The number of hydrogen-bond donors (Lipinski definition) is 0. The van der Waals surface area contributed by atoms with Gasteiger partial charge in [0.25, 0.3) is 0 Å². The van der Waals surface area contributed by atoms with Crippen molar-refractivity contribution in [2.24, 2.45) is 0 Å². The summed E-state index contributed by atoms with van der Waals surface area (Å²) in [6, 6.07) is 21.3. The van der Waals surface area contributed by atoms with Crippen LogP contribution >= 0.6 is 0 Å². The van der Waals surface area contributed by atoms with Crippen LogP contribution in [-0.4, -0.2) is 19.8 Å². The summed E-state index contributed by atoms with van der Waals surface area (Å²) >= 11 is 0. The van der Waals surface area contributed by atoms with E-state index in [-0.39, 0.29) is 0 Å². The number of nitrogens with zero attached hydrogens (tertiary/aromatic N) is 1. The van der Waals surface area contributed by atoms with Crippen LogP contribution in [0.1, 0.15) is 11.6 Å². The molecule has 18 heavy (non-hydrogen) atoms. The predicted octanol–water partition coefficient (Wildman–Crippen LogP) is 3.26. The van der Waals surface area contributed by atoms with Gasteiger partial charge in [-0.25, -0.2) is 0 Å². The molecule has 0 bridgehead atoms. The van der Waals surface area contributed by atoms with Gasteiger partial charge in [0.15, 0.2) is 0 Å². The summed E-state index contributed by atoms with van der Waals surface area (Å²) in [4.78, 5) is 2.30. The standard InChI is InChI=1S/C16H17NO/c1-17(14-10-6-3-7-11-14)16(15-12-18-15)13-8-4-2-5-9-13/h2-11,15-16H,12H2,1H3/t15-,16+/m0/s1. The maximum Gasteiger partial charge on any atom is 0.105 e. The molecule has 0 aromatic heterocycles. The van der Waals surface area contributed by atoms with Gasteiger partial charge in [0.05, 0.1) is 12.6 Å². The number of benzene rings is 2. The van der Waals surface area contributed by atoms with Crippen LogP contribution in [0.4, 0.5) is 5.69 Å². The van der Waals surface area contributed by atoms with Crippen molar-refractivity contribution in [3.63, 3.8) is 0 Å². The third-order valence-electron chi connectivity index (χ3n) is 3.43. The Morgan fingerprint density at radius 2 is 1.56 bits per heavy atom. The summed E-state index contributed by atoms with van der Waals surface area (Å²) < 4.78 is 5.53. The molecule has 0 aliphatic carbocycles. The van der Waals surface area contributed by atoms with E-state index in [9.17, 15) is 0 Å². The normalized spacial score (nSPS) is 19.3. The fraction of sp³-hybridized carbons (Fsp3) is 0.250. The third-order valence-corrected chi connectivity index (χ3v) is 3.43. The lowest BCUT2D eigenvalue weighted by molar-refractivity contribution is 0.371. The molecule has 1 heterocycles. The third kappa shape index (κ3) is 2.24. The highest BCUT2D eigenvalue weighted by Crippen LogP contribution is 2.34. The van der Waals surface area contributed by atoms with Crippen LogP contribution in [0.5, 0.6) is 0 Å². The van der Waals surface area contributed by atoms with Gasteiger partial charge in [-0.05, 0) is 17.7 Å². The van der Waals surface area contributed by atoms with Crippen LogP contribution in [0.2, 0.25) is 0 Å². The second-order valence-corrected chi connectivity index (χ2v) is 4.67. The van der Waals surface area contributed by atoms with Gasteiger partial charge in [0.1, 0.15) is 6.10 Å². The number of rotatable bonds is 4. The Kier molecular flexibility index (Phi) is 3.03. The first-order valence-electron chi connectivity index (χ1n) is 6.31. The lowest BCUT2D eigenvalue weighted by Gasteiger charge is -2.29. The smallest absolute Gasteiger partial charge is 0.105 e. The summed E-state index contributed by atoms with van der Waals surface area (Å²) in [7, 11) is 2.13. The Morgan fingerprint density at radius 3 is 2.11 bits per heavy atom. The zero-order valence-corrected chi connectivity index (χ0v) is 10.5. The summed E-state index contributed by atoms with van der Waals surface area (Å²) in [5.74, 6) is 0. The molecule has 0 spiro atoms. The van der Waals surface area contributed by atoms with Gasteiger partial charge in [-0.1, -0.05) is 48.5 Å². The first-order chi connectivity index (χ1) is 8.86. The molecule has 0 unspecified atom stereocenters. The van der Waals surface area contributed by atoms with Crippen LogP contribution < -0.4 is 4.90 Å². The van der Waals surface area contributed by atoms with Crippen molar-refractivity contribution in [1.82, 2.24) is 0 Å². The SMILES string of the molecule is CN(c1ccccc1)[C@H](c1ccccc1)[C@@H]1CO1. The minimum absolute atomic E-state index is 0.300. The topological polar surface area (TPSA) is 15.8 Å². The van der Waals surface area contributed by atoms with Crippen LogP contribution in [-0.2, 0) is 4.74 Å². The molecule has 92 valence electrons. The molecule has 2 heteroatoms. The van der Waals surface area contributed by atoms with E-state index in [1.54, 1.807) is 0 Å². The number of ether oxygens (including phenoxy) is 1. The number of epoxide rings is 1. The molecular weight excluding hydrogens is 222 g/mol. The van der Waals surface area contributed by atoms with Crippen LogP contribution in [0, 0.1) is 0 Å². The highest BCUT2D eigenvalue weighted by Gasteiger charge is 2.36. The Bertz CT molecular complexity index is 493. The first kappa shape index (κ1) is 11.3. The van der Waals surface area contributed by atoms with E-state index in [0.717, 1.165) is 6.61 Å². The number of hydrogen-bond acceptors (Lipinski definition) is 2. The molecule has 1 saturated heterocycles. The van der Waals surface area contributed by atoms with Crippen LogP contribution in [0.15, 0.2) is 60.7 Å². The van der Waals surface area contributed by atoms with Gasteiger partial charge in [0, 0.05) is 12.7 Å². The van der Waals surface area contributed by atoms with E-state index in [0.29, 0.717) is 12.1 Å². The van der Waals surface area contributed by atoms with Gasteiger partial charge in [-0.15, -0.1) is 0 Å². The van der Waals surface area contributed by atoms with E-state index in [4.69, 9.17) is 4.74 Å². The van der Waals surface area contributed by atoms with Crippen molar-refractivity contribution < 1.29 is 4.74 Å². The second-order valence-electron chi connectivity index (χ2n) is 4.67. The van der Waals surface area contributed by atoms with E-state index >= 15 is 0 Å². The second kappa shape index (κ2) is 4.83. The molecule has 2 aromatic carbocycles. The average molecular weight is 239 g/mol. The van der Waals surface area contributed by atoms with Crippen molar-refractivity contribution in [1.29, 1.82) is 0 Å². The molecule has 1 fully saturated rings. The zero-order chi connectivity index (χ0) is 12.4. The van der Waals surface area contributed by atoms with E-state index in [1.165, 1.54) is 11.3 Å². The fourth-order valence-electron chi connectivity index (χ4n) is 2.40. The summed E-state index contributed by atoms with van der Waals surface area (Å²) in [6.07, 6.45) is 0.317. The molecule has 2 atom stereocenters. The minimum atomic E-state index is 0.300. The Morgan fingerprint density at radius 1 is 1.00 bits per heavy atom. The minimum Gasteiger partial charge on any atom is -0.371 e. The molecule has 2 aromatic rings. The Labute approximate surface area is 108 Å². The van der Waals surface area contributed by atoms with Crippen molar-refractivity contribution >= 4 is 5.69 Å². The molecule has 0 saturated carbocycles. The largest absolute Gasteiger partial charge is 0.371 e. The molecule has 0 radical (unpaired) electrons. The zero-order valence-electron chi connectivity index (χ0n) is 10.5. The molecule has 1 aliphatic rings. The summed E-state index contributed by atoms with van der Waals surface area (Å²) in [5.41, 5.74) is 2.54. The first-order valence-corrected chi connectivity index (χ1v) is 6.31. The van der Waals surface area contributed by atoms with Crippen molar-refractivity contribution in [3.8, 4) is 0 Å². The van der Waals surface area contributed by atoms with Gasteiger partial charge in [-0.3, -0.25) is 0 Å². The van der Waals surface area contributed by atoms with Crippen molar-refractivity contribution in [2.75, 3.05) is 18.6 Å². The number of para-hydroxylation sites is 1. The van der Waals surface area contributed by atoms with Crippen molar-refractivity contribution in [2.45, 2.75) is 12.1 Å². The van der Waals surface area contributed by atoms with Gasteiger partial charge < -0.3 is 9.64 Å². The monoisotopic (exact) mass is 239 g/mol. The molecular formula is C16H17NO. The Hall–Kier alpha value is -1.80. The lowest BCUT2D eigenvalue weighted by Crippen LogP contribution is -2.28.